The monoisotopic (exact) mass is 410 g/mol. The normalized spacial score (nSPS) is 14.8. The molecule has 0 saturated carbocycles. The minimum absolute atomic E-state index is 0.417. The van der Waals surface area contributed by atoms with E-state index in [-0.39, 0.29) is 0 Å². The Labute approximate surface area is 115 Å². The van der Waals surface area contributed by atoms with E-state index in [1.807, 2.05) is 0 Å². The summed E-state index contributed by atoms with van der Waals surface area (Å²) in [6.45, 7) is 21.7. The maximum absolute atomic E-state index is 2.82. The first-order valence-electron chi connectivity index (χ1n) is 6.89. The summed E-state index contributed by atoms with van der Waals surface area (Å²) in [6.07, 6.45) is 0. The first-order valence-corrected chi connectivity index (χ1v) is 13.7. The van der Waals surface area contributed by atoms with E-state index in [0.29, 0.717) is 6.34 Å². The van der Waals surface area contributed by atoms with Crippen LogP contribution in [0.25, 0.3) is 0 Å². The second kappa shape index (κ2) is 5.83. The fourth-order valence-corrected chi connectivity index (χ4v) is 34.1. The van der Waals surface area contributed by atoms with Gasteiger partial charge in [-0.15, -0.1) is 0 Å². The molecular formula is C14H34HfN2. The molecule has 0 N–H and O–H groups in total. The van der Waals surface area contributed by atoms with Gasteiger partial charge >= 0.3 is 115 Å². The minimum atomic E-state index is -2.82. The molecule has 0 aliphatic carbocycles. The molecule has 0 aliphatic rings. The van der Waals surface area contributed by atoms with Crippen LogP contribution >= 0.6 is 0 Å². The van der Waals surface area contributed by atoms with Crippen LogP contribution < -0.4 is 0 Å². The molecule has 0 bridgehead atoms. The molecule has 0 spiro atoms. The van der Waals surface area contributed by atoms with Gasteiger partial charge in [0.05, 0.1) is 0 Å². The van der Waals surface area contributed by atoms with Crippen molar-refractivity contribution < 1.29 is 20.5 Å². The van der Waals surface area contributed by atoms with Gasteiger partial charge in [-0.25, -0.2) is 0 Å². The van der Waals surface area contributed by atoms with Gasteiger partial charge in [0, 0.05) is 0 Å². The Morgan fingerprint density at radius 2 is 0.941 bits per heavy atom. The Morgan fingerprint density at radius 3 is 1.06 bits per heavy atom. The van der Waals surface area contributed by atoms with Gasteiger partial charge in [-0.2, -0.15) is 0 Å². The van der Waals surface area contributed by atoms with Gasteiger partial charge in [0.15, 0.2) is 0 Å². The average molecular weight is 409 g/mol. The van der Waals surface area contributed by atoms with Gasteiger partial charge in [-0.05, 0) is 0 Å². The summed E-state index contributed by atoms with van der Waals surface area (Å²) < 4.78 is 6.30. The van der Waals surface area contributed by atoms with Crippen molar-refractivity contribution in [2.24, 2.45) is 0 Å². The predicted molar refractivity (Wildman–Crippen MR) is 76.0 cm³/mol. The van der Waals surface area contributed by atoms with E-state index in [2.05, 4.69) is 75.3 Å². The van der Waals surface area contributed by atoms with Crippen molar-refractivity contribution in [3.05, 3.63) is 0 Å². The van der Waals surface area contributed by atoms with Crippen molar-refractivity contribution in [2.45, 2.75) is 61.7 Å². The molecule has 0 atom stereocenters. The standard InChI is InChI=1S/2C4H9.2C3H8N.Hf/c2*1-4(2)3;2*1-3-4-2;/h2*1-3H3;2*3H2,1-2H3;/q;;2*-1;+2. The van der Waals surface area contributed by atoms with Gasteiger partial charge in [-0.3, -0.25) is 0 Å². The molecule has 0 aromatic rings. The van der Waals surface area contributed by atoms with E-state index in [9.17, 15) is 0 Å². The summed E-state index contributed by atoms with van der Waals surface area (Å²) in [5.74, 6) is 0. The van der Waals surface area contributed by atoms with Crippen molar-refractivity contribution in [1.82, 2.24) is 5.78 Å². The molecule has 0 fully saturated rings. The van der Waals surface area contributed by atoms with Crippen LogP contribution in [0.3, 0.4) is 0 Å². The Kier molecular flexibility index (Phi) is 6.10. The molecule has 0 unspecified atom stereocenters. The molecular weight excluding hydrogens is 375 g/mol. The molecule has 3 heteroatoms. The van der Waals surface area contributed by atoms with Crippen LogP contribution in [0.1, 0.15) is 55.4 Å². The van der Waals surface area contributed by atoms with Crippen LogP contribution in [0.5, 0.6) is 0 Å². The van der Waals surface area contributed by atoms with Gasteiger partial charge in [0.2, 0.25) is 0 Å². The van der Waals surface area contributed by atoms with Crippen LogP contribution in [0.15, 0.2) is 0 Å². The number of hydrogen-bond acceptors (Lipinski definition) is 2. The fraction of sp³-hybridized carbons (Fsp3) is 1.00. The zero-order valence-electron chi connectivity index (χ0n) is 13.8. The number of rotatable bonds is 4. The molecule has 0 amide bonds. The van der Waals surface area contributed by atoms with Gasteiger partial charge in [0.1, 0.15) is 0 Å². The van der Waals surface area contributed by atoms with Crippen LogP contribution in [0.2, 0.25) is 6.34 Å². The summed E-state index contributed by atoms with van der Waals surface area (Å²) in [7, 11) is 4.70. The van der Waals surface area contributed by atoms with Crippen LogP contribution in [-0.4, -0.2) is 33.0 Å². The van der Waals surface area contributed by atoms with E-state index >= 15 is 0 Å². The second-order valence-electron chi connectivity index (χ2n) is 7.20. The first-order chi connectivity index (χ1) is 7.46. The summed E-state index contributed by atoms with van der Waals surface area (Å²) in [5, 5.41) is 0. The Bertz CT molecular complexity index is 212. The molecule has 104 valence electrons. The fourth-order valence-electron chi connectivity index (χ4n) is 4.16. The predicted octanol–water partition coefficient (Wildman–Crippen LogP) is 4.31. The molecule has 0 radical (unpaired) electrons. The van der Waals surface area contributed by atoms with Crippen LogP contribution in [0, 0.1) is 0 Å². The maximum atomic E-state index is 2.73. The summed E-state index contributed by atoms with van der Waals surface area (Å²) in [6, 6.07) is 0. The molecule has 17 heavy (non-hydrogen) atoms. The third kappa shape index (κ3) is 3.03. The van der Waals surface area contributed by atoms with E-state index in [4.69, 9.17) is 0 Å². The molecule has 2 nitrogen and oxygen atoms in total. The zero-order chi connectivity index (χ0) is 14.1. The average Bonchev–Trinajstić information content (AvgIpc) is 2.13. The van der Waals surface area contributed by atoms with E-state index in [1.165, 1.54) is 13.1 Å². The van der Waals surface area contributed by atoms with Gasteiger partial charge in [-0.1, -0.05) is 0 Å². The quantitative estimate of drug-likeness (QED) is 0.639. The van der Waals surface area contributed by atoms with Gasteiger partial charge < -0.3 is 0 Å². The molecule has 0 heterocycles. The molecule has 0 saturated heterocycles. The Morgan fingerprint density at radius 1 is 0.706 bits per heavy atom. The van der Waals surface area contributed by atoms with Crippen molar-refractivity contribution in [1.29, 1.82) is 0 Å². The van der Waals surface area contributed by atoms with Gasteiger partial charge in [0.25, 0.3) is 0 Å². The van der Waals surface area contributed by atoms with Crippen molar-refractivity contribution in [2.75, 3.05) is 27.2 Å². The summed E-state index contributed by atoms with van der Waals surface area (Å²) in [4.78, 5) is 0. The second-order valence-corrected chi connectivity index (χ2v) is 28.3. The number of nitrogens with zero attached hydrogens (tertiary/aromatic N) is 2. The Hall–Kier alpha value is 0.790. The third-order valence-corrected chi connectivity index (χ3v) is 29.4. The summed E-state index contributed by atoms with van der Waals surface area (Å²) >= 11 is -2.82. The van der Waals surface area contributed by atoms with Crippen molar-refractivity contribution in [3.63, 3.8) is 0 Å². The molecule has 0 rings (SSSR count). The SMILES string of the molecule is CC[N](C)[Hf]([N](C)CC)([C](C)(C)C)[C](C)(C)C. The molecule has 0 aromatic heterocycles. The van der Waals surface area contributed by atoms with E-state index in [1.54, 1.807) is 0 Å². The van der Waals surface area contributed by atoms with Crippen LogP contribution in [0.4, 0.5) is 0 Å². The van der Waals surface area contributed by atoms with E-state index in [0.717, 1.165) is 0 Å². The molecule has 0 aromatic carbocycles. The first kappa shape index (κ1) is 17.8. The number of hydrogen-bond donors (Lipinski definition) is 0. The molecule has 0 aliphatic heterocycles. The topological polar surface area (TPSA) is 6.48 Å². The van der Waals surface area contributed by atoms with Crippen molar-refractivity contribution in [3.8, 4) is 0 Å². The third-order valence-electron chi connectivity index (χ3n) is 4.15. The van der Waals surface area contributed by atoms with E-state index < -0.39 is 20.5 Å². The summed E-state index contributed by atoms with van der Waals surface area (Å²) in [5.41, 5.74) is 0. The Balaban J connectivity index is 5.91. The van der Waals surface area contributed by atoms with Crippen LogP contribution in [-0.2, 0) is 20.5 Å². The zero-order valence-corrected chi connectivity index (χ0v) is 17.4. The van der Waals surface area contributed by atoms with Crippen molar-refractivity contribution >= 4 is 0 Å².